The van der Waals surface area contributed by atoms with Crippen LogP contribution in [0.4, 0.5) is 11.4 Å². The van der Waals surface area contributed by atoms with Gasteiger partial charge in [0.1, 0.15) is 5.84 Å². The molecule has 0 unspecified atom stereocenters. The number of benzene rings is 2. The highest BCUT2D eigenvalue weighted by molar-refractivity contribution is 6.31. The predicted molar refractivity (Wildman–Crippen MR) is 98.2 cm³/mol. The van der Waals surface area contributed by atoms with Crippen LogP contribution in [0.5, 0.6) is 0 Å². The molecule has 2 aromatic carbocycles. The number of halogens is 1. The van der Waals surface area contributed by atoms with E-state index in [4.69, 9.17) is 21.3 Å². The Morgan fingerprint density at radius 2 is 1.92 bits per heavy atom. The minimum Gasteiger partial charge on any atom is -0.381 e. The molecule has 0 saturated carbocycles. The first-order chi connectivity index (χ1) is 11.8. The highest BCUT2D eigenvalue weighted by Crippen LogP contribution is 2.39. The topological polar surface area (TPSA) is 45.6 Å². The van der Waals surface area contributed by atoms with Gasteiger partial charge in [-0.2, -0.15) is 0 Å². The summed E-state index contributed by atoms with van der Waals surface area (Å²) in [5, 5.41) is 7.96. The van der Waals surface area contributed by atoms with Gasteiger partial charge in [-0.25, -0.2) is 4.99 Å². The Morgan fingerprint density at radius 3 is 2.71 bits per heavy atom. The number of rotatable bonds is 2. The molecule has 1 fully saturated rings. The van der Waals surface area contributed by atoms with Crippen LogP contribution in [0.15, 0.2) is 53.5 Å². The molecule has 24 heavy (non-hydrogen) atoms. The van der Waals surface area contributed by atoms with Gasteiger partial charge in [-0.05, 0) is 23.8 Å². The van der Waals surface area contributed by atoms with E-state index in [1.54, 1.807) is 0 Å². The lowest BCUT2D eigenvalue weighted by Gasteiger charge is -2.42. The van der Waals surface area contributed by atoms with Crippen LogP contribution in [-0.4, -0.2) is 24.6 Å². The van der Waals surface area contributed by atoms with E-state index >= 15 is 0 Å². The SMILES string of the molecule is Clc1ccc2c(c1)NC1(CCOCC1)C(NCc1ccccc1)=N2. The number of amidine groups is 1. The molecular weight excluding hydrogens is 322 g/mol. The number of fused-ring (bicyclic) bond motifs is 1. The number of hydrogen-bond donors (Lipinski definition) is 2. The van der Waals surface area contributed by atoms with Crippen molar-refractivity contribution in [3.05, 3.63) is 59.1 Å². The van der Waals surface area contributed by atoms with Crippen LogP contribution < -0.4 is 10.6 Å². The van der Waals surface area contributed by atoms with Gasteiger partial charge in [0.05, 0.1) is 16.9 Å². The molecule has 0 amide bonds. The first-order valence-corrected chi connectivity index (χ1v) is 8.65. The second-order valence-electron chi connectivity index (χ2n) is 6.28. The summed E-state index contributed by atoms with van der Waals surface area (Å²) in [6, 6.07) is 16.2. The number of ether oxygens (including phenoxy) is 1. The average Bonchev–Trinajstić information content (AvgIpc) is 2.61. The van der Waals surface area contributed by atoms with E-state index in [2.05, 4.69) is 34.9 Å². The Bertz CT molecular complexity index is 754. The van der Waals surface area contributed by atoms with Crippen molar-refractivity contribution in [3.8, 4) is 0 Å². The molecule has 0 aromatic heterocycles. The van der Waals surface area contributed by atoms with Gasteiger partial charge in [0.2, 0.25) is 0 Å². The van der Waals surface area contributed by atoms with Gasteiger partial charge in [-0.1, -0.05) is 41.9 Å². The number of aliphatic imine (C=N–C) groups is 1. The summed E-state index contributed by atoms with van der Waals surface area (Å²) in [5.74, 6) is 0.990. The molecule has 1 saturated heterocycles. The fourth-order valence-corrected chi connectivity index (χ4v) is 3.49. The molecule has 5 heteroatoms. The summed E-state index contributed by atoms with van der Waals surface area (Å²) < 4.78 is 5.57. The normalized spacial score (nSPS) is 18.5. The van der Waals surface area contributed by atoms with Crippen LogP contribution in [0, 0.1) is 0 Å². The van der Waals surface area contributed by atoms with Crippen LogP contribution in [0.3, 0.4) is 0 Å². The molecule has 124 valence electrons. The number of hydrogen-bond acceptors (Lipinski definition) is 4. The molecule has 0 atom stereocenters. The van der Waals surface area contributed by atoms with Crippen LogP contribution in [0.1, 0.15) is 18.4 Å². The van der Waals surface area contributed by atoms with Gasteiger partial charge in [-0.3, -0.25) is 0 Å². The molecule has 2 aliphatic heterocycles. The lowest BCUT2D eigenvalue weighted by molar-refractivity contribution is 0.0771. The average molecular weight is 342 g/mol. The molecule has 1 spiro atoms. The summed E-state index contributed by atoms with van der Waals surface area (Å²) in [6.07, 6.45) is 1.78. The lowest BCUT2D eigenvalue weighted by Crippen LogP contribution is -2.56. The monoisotopic (exact) mass is 341 g/mol. The van der Waals surface area contributed by atoms with E-state index in [1.165, 1.54) is 5.56 Å². The smallest absolute Gasteiger partial charge is 0.129 e. The second kappa shape index (κ2) is 6.46. The van der Waals surface area contributed by atoms with E-state index < -0.39 is 0 Å². The van der Waals surface area contributed by atoms with Crippen molar-refractivity contribution in [2.45, 2.75) is 24.9 Å². The molecule has 2 N–H and O–H groups in total. The van der Waals surface area contributed by atoms with E-state index in [9.17, 15) is 0 Å². The highest BCUT2D eigenvalue weighted by Gasteiger charge is 2.40. The summed E-state index contributed by atoms with van der Waals surface area (Å²) in [7, 11) is 0. The van der Waals surface area contributed by atoms with Crippen molar-refractivity contribution in [1.82, 2.24) is 5.32 Å². The molecule has 4 rings (SSSR count). The van der Waals surface area contributed by atoms with Crippen LogP contribution in [0.25, 0.3) is 0 Å². The third kappa shape index (κ3) is 2.99. The Labute approximate surface area is 146 Å². The quantitative estimate of drug-likeness (QED) is 0.863. The maximum atomic E-state index is 6.15. The Kier molecular flexibility index (Phi) is 4.17. The summed E-state index contributed by atoms with van der Waals surface area (Å²) in [6.45, 7) is 2.22. The number of nitrogens with one attached hydrogen (secondary N) is 2. The Balaban J connectivity index is 1.65. The number of anilines is 1. The van der Waals surface area contributed by atoms with Gasteiger partial charge < -0.3 is 15.4 Å². The molecule has 0 bridgehead atoms. The van der Waals surface area contributed by atoms with Gasteiger partial charge in [-0.15, -0.1) is 0 Å². The first kappa shape index (κ1) is 15.5. The van der Waals surface area contributed by atoms with Gasteiger partial charge in [0.15, 0.2) is 0 Å². The van der Waals surface area contributed by atoms with Crippen molar-refractivity contribution in [2.75, 3.05) is 18.5 Å². The van der Waals surface area contributed by atoms with Gasteiger partial charge in [0, 0.05) is 37.6 Å². The highest BCUT2D eigenvalue weighted by atomic mass is 35.5. The molecule has 4 nitrogen and oxygen atoms in total. The minimum absolute atomic E-state index is 0.204. The second-order valence-corrected chi connectivity index (χ2v) is 6.72. The maximum absolute atomic E-state index is 6.15. The first-order valence-electron chi connectivity index (χ1n) is 8.28. The lowest BCUT2D eigenvalue weighted by atomic mass is 9.86. The zero-order chi connectivity index (χ0) is 16.4. The third-order valence-electron chi connectivity index (χ3n) is 4.67. The third-order valence-corrected chi connectivity index (χ3v) is 4.90. The van der Waals surface area contributed by atoms with Crippen molar-refractivity contribution >= 4 is 28.8 Å². The van der Waals surface area contributed by atoms with Crippen molar-refractivity contribution < 1.29 is 4.74 Å². The molecule has 0 aliphatic carbocycles. The number of nitrogens with zero attached hydrogens (tertiary/aromatic N) is 1. The minimum atomic E-state index is -0.204. The van der Waals surface area contributed by atoms with Crippen LogP contribution in [-0.2, 0) is 11.3 Å². The Hall–Kier alpha value is -2.04. The molecule has 0 radical (unpaired) electrons. The summed E-state index contributed by atoms with van der Waals surface area (Å²) in [4.78, 5) is 4.91. The summed E-state index contributed by atoms with van der Waals surface area (Å²) >= 11 is 6.15. The molecular formula is C19H20ClN3O. The summed E-state index contributed by atoms with van der Waals surface area (Å²) in [5.41, 5.74) is 2.95. The van der Waals surface area contributed by atoms with Crippen LogP contribution in [0.2, 0.25) is 5.02 Å². The van der Waals surface area contributed by atoms with E-state index in [1.807, 2.05) is 24.3 Å². The van der Waals surface area contributed by atoms with E-state index in [0.717, 1.165) is 54.8 Å². The van der Waals surface area contributed by atoms with E-state index in [-0.39, 0.29) is 5.54 Å². The fraction of sp³-hybridized carbons (Fsp3) is 0.316. The van der Waals surface area contributed by atoms with Crippen molar-refractivity contribution in [1.29, 1.82) is 0 Å². The van der Waals surface area contributed by atoms with E-state index in [0.29, 0.717) is 0 Å². The predicted octanol–water partition coefficient (Wildman–Crippen LogP) is 4.13. The molecule has 2 heterocycles. The Morgan fingerprint density at radius 1 is 1.12 bits per heavy atom. The van der Waals surface area contributed by atoms with Gasteiger partial charge in [0.25, 0.3) is 0 Å². The van der Waals surface area contributed by atoms with Crippen molar-refractivity contribution in [3.63, 3.8) is 0 Å². The molecule has 2 aromatic rings. The maximum Gasteiger partial charge on any atom is 0.129 e. The van der Waals surface area contributed by atoms with Crippen molar-refractivity contribution in [2.24, 2.45) is 4.99 Å². The standard InChI is InChI=1S/C19H20ClN3O/c20-15-6-7-16-17(12-15)23-19(8-10-24-11-9-19)18(22-16)21-13-14-4-2-1-3-5-14/h1-7,12,23H,8-11,13H2,(H,21,22). The van der Waals surface area contributed by atoms with Gasteiger partial charge >= 0.3 is 0 Å². The fourth-order valence-electron chi connectivity index (χ4n) is 3.32. The zero-order valence-electron chi connectivity index (χ0n) is 13.4. The largest absolute Gasteiger partial charge is 0.381 e. The zero-order valence-corrected chi connectivity index (χ0v) is 14.1. The van der Waals surface area contributed by atoms with Crippen LogP contribution >= 0.6 is 11.6 Å². The molecule has 2 aliphatic rings.